The van der Waals surface area contributed by atoms with Gasteiger partial charge in [0.2, 0.25) is 0 Å². The van der Waals surface area contributed by atoms with Gasteiger partial charge >= 0.3 is 0 Å². The third kappa shape index (κ3) is 2.82. The lowest BCUT2D eigenvalue weighted by Crippen LogP contribution is -2.34. The molecule has 1 saturated heterocycles. The topological polar surface area (TPSA) is 106 Å². The van der Waals surface area contributed by atoms with Crippen molar-refractivity contribution < 1.29 is 0 Å². The van der Waals surface area contributed by atoms with Crippen LogP contribution in [-0.2, 0) is 13.6 Å². The molecule has 10 heteroatoms. The maximum absolute atomic E-state index is 4.48. The number of aromatic nitrogens is 9. The number of hydrogen-bond acceptors (Lipinski definition) is 7. The van der Waals surface area contributed by atoms with Crippen molar-refractivity contribution in [1.29, 1.82) is 0 Å². The lowest BCUT2D eigenvalue weighted by atomic mass is 9.96. The minimum atomic E-state index is 0.398. The predicted molar refractivity (Wildman–Crippen MR) is 98.2 cm³/mol. The summed E-state index contributed by atoms with van der Waals surface area (Å²) in [4.78, 5) is 22.4. The van der Waals surface area contributed by atoms with Crippen LogP contribution >= 0.6 is 0 Å². The maximum Gasteiger partial charge on any atom is 0.182 e. The molecular formula is C17H20N10. The van der Waals surface area contributed by atoms with Crippen LogP contribution in [0, 0.1) is 0 Å². The van der Waals surface area contributed by atoms with Gasteiger partial charge in [-0.25, -0.2) is 19.9 Å². The Labute approximate surface area is 155 Å². The third-order valence-electron chi connectivity index (χ3n) is 5.24. The lowest BCUT2D eigenvalue weighted by molar-refractivity contribution is 0.470. The van der Waals surface area contributed by atoms with E-state index in [-0.39, 0.29) is 0 Å². The highest BCUT2D eigenvalue weighted by Crippen LogP contribution is 2.30. The average molecular weight is 364 g/mol. The first kappa shape index (κ1) is 15.9. The molecule has 1 aliphatic heterocycles. The van der Waals surface area contributed by atoms with Gasteiger partial charge in [-0.3, -0.25) is 0 Å². The number of anilines is 1. The molecule has 0 spiro atoms. The number of imidazole rings is 2. The first-order valence-corrected chi connectivity index (χ1v) is 9.02. The van der Waals surface area contributed by atoms with Crippen molar-refractivity contribution in [3.05, 3.63) is 43.0 Å². The van der Waals surface area contributed by atoms with Crippen LogP contribution in [0.1, 0.15) is 30.4 Å². The van der Waals surface area contributed by atoms with E-state index < -0.39 is 0 Å². The molecule has 10 nitrogen and oxygen atoms in total. The van der Waals surface area contributed by atoms with E-state index in [0.29, 0.717) is 18.1 Å². The molecule has 0 aliphatic carbocycles. The summed E-state index contributed by atoms with van der Waals surface area (Å²) < 4.78 is 4.12. The van der Waals surface area contributed by atoms with Crippen LogP contribution in [0.15, 0.2) is 31.4 Å². The Morgan fingerprint density at radius 2 is 2.04 bits per heavy atom. The number of rotatable bonds is 4. The normalized spacial score (nSPS) is 15.7. The molecule has 5 rings (SSSR count). The summed E-state index contributed by atoms with van der Waals surface area (Å²) in [7, 11) is 2.05. The highest BCUT2D eigenvalue weighted by Gasteiger charge is 2.27. The predicted octanol–water partition coefficient (Wildman–Crippen LogP) is 1.11. The van der Waals surface area contributed by atoms with E-state index in [0.717, 1.165) is 48.9 Å². The van der Waals surface area contributed by atoms with Crippen molar-refractivity contribution in [1.82, 2.24) is 44.3 Å². The van der Waals surface area contributed by atoms with Gasteiger partial charge < -0.3 is 19.0 Å². The Morgan fingerprint density at radius 1 is 1.15 bits per heavy atom. The van der Waals surface area contributed by atoms with E-state index in [4.69, 9.17) is 0 Å². The second-order valence-corrected chi connectivity index (χ2v) is 6.83. The minimum Gasteiger partial charge on any atom is -0.355 e. The molecule has 0 saturated carbocycles. The van der Waals surface area contributed by atoms with E-state index in [1.54, 1.807) is 25.2 Å². The molecule has 0 bridgehead atoms. The van der Waals surface area contributed by atoms with Crippen LogP contribution in [0.2, 0.25) is 0 Å². The third-order valence-corrected chi connectivity index (χ3v) is 5.24. The van der Waals surface area contributed by atoms with Gasteiger partial charge in [0.15, 0.2) is 17.3 Å². The second kappa shape index (κ2) is 6.45. The Balaban J connectivity index is 1.31. The Hall–Kier alpha value is -3.30. The SMILES string of the molecule is Cn1c(Cn2ccnc2)nnc1C1CCN(c2ncnc3nc[nH]c23)CC1. The summed E-state index contributed by atoms with van der Waals surface area (Å²) in [6.45, 7) is 2.51. The number of piperidine rings is 1. The zero-order chi connectivity index (χ0) is 18.2. The van der Waals surface area contributed by atoms with Gasteiger partial charge in [-0.1, -0.05) is 0 Å². The van der Waals surface area contributed by atoms with Crippen LogP contribution in [0.3, 0.4) is 0 Å². The molecule has 4 aromatic heterocycles. The van der Waals surface area contributed by atoms with Gasteiger partial charge in [-0.15, -0.1) is 10.2 Å². The Morgan fingerprint density at radius 3 is 2.85 bits per heavy atom. The number of H-pyrrole nitrogens is 1. The Bertz CT molecular complexity index is 1040. The molecule has 1 aliphatic rings. The maximum atomic E-state index is 4.48. The number of nitrogens with zero attached hydrogens (tertiary/aromatic N) is 9. The summed E-state index contributed by atoms with van der Waals surface area (Å²) in [6, 6.07) is 0. The lowest BCUT2D eigenvalue weighted by Gasteiger charge is -2.32. The highest BCUT2D eigenvalue weighted by atomic mass is 15.3. The van der Waals surface area contributed by atoms with Crippen molar-refractivity contribution in [3.8, 4) is 0 Å². The van der Waals surface area contributed by atoms with Crippen molar-refractivity contribution in [2.75, 3.05) is 18.0 Å². The molecule has 0 unspecified atom stereocenters. The largest absolute Gasteiger partial charge is 0.355 e. The summed E-state index contributed by atoms with van der Waals surface area (Å²) in [5.74, 6) is 3.32. The van der Waals surface area contributed by atoms with Crippen molar-refractivity contribution >= 4 is 17.0 Å². The van der Waals surface area contributed by atoms with Crippen LogP contribution in [-0.4, -0.2) is 57.3 Å². The number of nitrogens with one attached hydrogen (secondary N) is 1. The molecule has 0 aromatic carbocycles. The van der Waals surface area contributed by atoms with Gasteiger partial charge in [-0.05, 0) is 12.8 Å². The molecule has 0 amide bonds. The van der Waals surface area contributed by atoms with Crippen molar-refractivity contribution in [2.24, 2.45) is 7.05 Å². The first-order valence-electron chi connectivity index (χ1n) is 9.02. The molecule has 1 N–H and O–H groups in total. The van der Waals surface area contributed by atoms with Crippen LogP contribution in [0.25, 0.3) is 11.2 Å². The summed E-state index contributed by atoms with van der Waals surface area (Å²) in [5.41, 5.74) is 1.61. The van der Waals surface area contributed by atoms with Gasteiger partial charge in [-0.2, -0.15) is 0 Å². The molecule has 4 aromatic rings. The fraction of sp³-hybridized carbons (Fsp3) is 0.412. The molecule has 0 radical (unpaired) electrons. The van der Waals surface area contributed by atoms with Gasteiger partial charge in [0.25, 0.3) is 0 Å². The monoisotopic (exact) mass is 364 g/mol. The van der Waals surface area contributed by atoms with Crippen molar-refractivity contribution in [3.63, 3.8) is 0 Å². The molecule has 0 atom stereocenters. The highest BCUT2D eigenvalue weighted by molar-refractivity contribution is 5.82. The standard InChI is InChI=1S/C17H20N10/c1-25-13(8-26-7-4-18-11-26)23-24-16(25)12-2-5-27(6-3-12)17-14-15(20-9-19-14)21-10-22-17/h4,7,9-12H,2-3,5-6,8H2,1H3,(H,19,20,21,22). The zero-order valence-electron chi connectivity index (χ0n) is 15.0. The van der Waals surface area contributed by atoms with Gasteiger partial charge in [0, 0.05) is 38.4 Å². The average Bonchev–Trinajstić information content (AvgIpc) is 3.44. The van der Waals surface area contributed by atoms with Crippen LogP contribution in [0.5, 0.6) is 0 Å². The fourth-order valence-corrected chi connectivity index (χ4v) is 3.75. The molecule has 27 heavy (non-hydrogen) atoms. The molecule has 5 heterocycles. The smallest absolute Gasteiger partial charge is 0.182 e. The second-order valence-electron chi connectivity index (χ2n) is 6.83. The zero-order valence-corrected chi connectivity index (χ0v) is 15.0. The van der Waals surface area contributed by atoms with Crippen molar-refractivity contribution in [2.45, 2.75) is 25.3 Å². The fourth-order valence-electron chi connectivity index (χ4n) is 3.75. The van der Waals surface area contributed by atoms with E-state index in [1.165, 1.54) is 0 Å². The van der Waals surface area contributed by atoms with Crippen LogP contribution < -0.4 is 4.90 Å². The van der Waals surface area contributed by atoms with Gasteiger partial charge in [0.05, 0.1) is 19.2 Å². The summed E-state index contributed by atoms with van der Waals surface area (Å²) in [5, 5.41) is 8.87. The molecular weight excluding hydrogens is 344 g/mol. The molecule has 138 valence electrons. The van der Waals surface area contributed by atoms with Gasteiger partial charge in [0.1, 0.15) is 17.7 Å². The van der Waals surface area contributed by atoms with E-state index in [1.807, 2.05) is 17.8 Å². The van der Waals surface area contributed by atoms with E-state index >= 15 is 0 Å². The number of fused-ring (bicyclic) bond motifs is 1. The quantitative estimate of drug-likeness (QED) is 0.578. The van der Waals surface area contributed by atoms with E-state index in [2.05, 4.69) is 44.6 Å². The number of aromatic amines is 1. The number of hydrogen-bond donors (Lipinski definition) is 1. The first-order chi connectivity index (χ1) is 13.3. The minimum absolute atomic E-state index is 0.398. The summed E-state index contributed by atoms with van der Waals surface area (Å²) in [6.07, 6.45) is 10.8. The Kier molecular flexibility index (Phi) is 3.80. The summed E-state index contributed by atoms with van der Waals surface area (Å²) >= 11 is 0. The van der Waals surface area contributed by atoms with Crippen LogP contribution in [0.4, 0.5) is 5.82 Å². The van der Waals surface area contributed by atoms with E-state index in [9.17, 15) is 0 Å². The molecule has 1 fully saturated rings.